The maximum absolute atomic E-state index is 12.4. The Morgan fingerprint density at radius 2 is 1.96 bits per heavy atom. The van der Waals surface area contributed by atoms with Gasteiger partial charge in [-0.1, -0.05) is 12.1 Å². The first-order valence-electron chi connectivity index (χ1n) is 7.00. The summed E-state index contributed by atoms with van der Waals surface area (Å²) in [6, 6.07) is 5.07. The highest BCUT2D eigenvalue weighted by atomic mass is 35.5. The van der Waals surface area contributed by atoms with E-state index in [0.717, 1.165) is 38.1 Å². The van der Waals surface area contributed by atoms with Gasteiger partial charge in [-0.05, 0) is 37.1 Å². The highest BCUT2D eigenvalue weighted by Gasteiger charge is 2.26. The number of alkyl halides is 2. The molecule has 0 bridgehead atoms. The SMILES string of the molecule is Cl.O=C(Cc1ccc(S(=O)(=O)C(F)F)cc1)NC1CCCNC1. The maximum Gasteiger partial charge on any atom is 0.341 e. The first-order chi connectivity index (χ1) is 10.4. The Bertz CT molecular complexity index is 617. The average molecular weight is 369 g/mol. The molecule has 2 rings (SSSR count). The molecule has 1 saturated heterocycles. The Kier molecular flexibility index (Phi) is 7.37. The molecule has 5 nitrogen and oxygen atoms in total. The lowest BCUT2D eigenvalue weighted by Gasteiger charge is -2.23. The Labute approximate surface area is 140 Å². The molecule has 9 heteroatoms. The fourth-order valence-corrected chi connectivity index (χ4v) is 3.06. The van der Waals surface area contributed by atoms with Crippen molar-refractivity contribution < 1.29 is 22.0 Å². The Morgan fingerprint density at radius 1 is 1.30 bits per heavy atom. The lowest BCUT2D eigenvalue weighted by atomic mass is 10.1. The highest BCUT2D eigenvalue weighted by molar-refractivity contribution is 7.91. The number of amides is 1. The topological polar surface area (TPSA) is 75.3 Å². The quantitative estimate of drug-likeness (QED) is 0.826. The smallest absolute Gasteiger partial charge is 0.341 e. The van der Waals surface area contributed by atoms with Gasteiger partial charge in [0.15, 0.2) is 0 Å². The first kappa shape index (κ1) is 19.8. The third-order valence-corrected chi connectivity index (χ3v) is 4.91. The van der Waals surface area contributed by atoms with Crippen molar-refractivity contribution in [3.8, 4) is 0 Å². The summed E-state index contributed by atoms with van der Waals surface area (Å²) in [4.78, 5) is 11.5. The van der Waals surface area contributed by atoms with Crippen LogP contribution in [0.4, 0.5) is 8.78 Å². The predicted octanol–water partition coefficient (Wildman–Crippen LogP) is 1.52. The molecular weight excluding hydrogens is 350 g/mol. The number of hydrogen-bond donors (Lipinski definition) is 2. The van der Waals surface area contributed by atoms with Crippen LogP contribution in [0.1, 0.15) is 18.4 Å². The van der Waals surface area contributed by atoms with Crippen LogP contribution in [0.25, 0.3) is 0 Å². The second-order valence-electron chi connectivity index (χ2n) is 5.24. The summed E-state index contributed by atoms with van der Waals surface area (Å²) in [7, 11) is -4.59. The molecule has 23 heavy (non-hydrogen) atoms. The molecule has 1 aromatic carbocycles. The number of carbonyl (C=O) groups excluding carboxylic acids is 1. The van der Waals surface area contributed by atoms with Crippen LogP contribution < -0.4 is 10.6 Å². The van der Waals surface area contributed by atoms with Crippen molar-refractivity contribution in [2.24, 2.45) is 0 Å². The van der Waals surface area contributed by atoms with Crippen molar-refractivity contribution >= 4 is 28.2 Å². The van der Waals surface area contributed by atoms with Crippen LogP contribution in [-0.4, -0.2) is 39.2 Å². The molecule has 1 aliphatic heterocycles. The van der Waals surface area contributed by atoms with Crippen LogP contribution in [0, 0.1) is 0 Å². The zero-order valence-corrected chi connectivity index (χ0v) is 13.9. The molecule has 2 N–H and O–H groups in total. The summed E-state index contributed by atoms with van der Waals surface area (Å²) in [5.74, 6) is -3.61. The van der Waals surface area contributed by atoms with E-state index in [9.17, 15) is 22.0 Å². The zero-order valence-electron chi connectivity index (χ0n) is 12.3. The molecule has 0 aliphatic carbocycles. The fraction of sp³-hybridized carbons (Fsp3) is 0.500. The number of hydrogen-bond acceptors (Lipinski definition) is 4. The van der Waals surface area contributed by atoms with Gasteiger partial charge in [-0.2, -0.15) is 8.78 Å². The summed E-state index contributed by atoms with van der Waals surface area (Å²) in [6.07, 6.45) is 2.01. The van der Waals surface area contributed by atoms with Crippen molar-refractivity contribution in [2.75, 3.05) is 13.1 Å². The van der Waals surface area contributed by atoms with Crippen LogP contribution in [0.3, 0.4) is 0 Å². The largest absolute Gasteiger partial charge is 0.352 e. The second kappa shape index (κ2) is 8.56. The number of carbonyl (C=O) groups is 1. The van der Waals surface area contributed by atoms with E-state index in [1.807, 2.05) is 0 Å². The minimum atomic E-state index is -4.59. The third-order valence-electron chi connectivity index (χ3n) is 3.51. The number of rotatable bonds is 5. The normalized spacial score (nSPS) is 18.3. The van der Waals surface area contributed by atoms with Gasteiger partial charge >= 0.3 is 5.76 Å². The number of sulfone groups is 1. The summed E-state index contributed by atoms with van der Waals surface area (Å²) in [5, 5.41) is 6.08. The molecular formula is C14H19ClF2N2O3S. The van der Waals surface area contributed by atoms with Crippen molar-refractivity contribution in [3.63, 3.8) is 0 Å². The molecule has 1 aliphatic rings. The zero-order chi connectivity index (χ0) is 16.2. The number of halogens is 3. The van der Waals surface area contributed by atoms with E-state index in [1.54, 1.807) is 0 Å². The molecule has 1 heterocycles. The van der Waals surface area contributed by atoms with E-state index in [-0.39, 0.29) is 30.8 Å². The lowest BCUT2D eigenvalue weighted by Crippen LogP contribution is -2.46. The molecule has 0 aromatic heterocycles. The van der Waals surface area contributed by atoms with Crippen molar-refractivity contribution in [1.82, 2.24) is 10.6 Å². The number of piperidine rings is 1. The minimum Gasteiger partial charge on any atom is -0.352 e. The van der Waals surface area contributed by atoms with Gasteiger partial charge in [0.1, 0.15) is 0 Å². The average Bonchev–Trinajstić information content (AvgIpc) is 2.48. The molecule has 1 aromatic rings. The standard InChI is InChI=1S/C14H18F2N2O3S.ClH/c15-14(16)22(20,21)12-5-3-10(4-6-12)8-13(19)18-11-2-1-7-17-9-11;/h3-6,11,14,17H,1-2,7-9H2,(H,18,19);1H. The van der Waals surface area contributed by atoms with Crippen molar-refractivity contribution in [3.05, 3.63) is 29.8 Å². The second-order valence-corrected chi connectivity index (χ2v) is 7.15. The van der Waals surface area contributed by atoms with Crippen LogP contribution in [0.2, 0.25) is 0 Å². The van der Waals surface area contributed by atoms with Crippen LogP contribution in [-0.2, 0) is 21.1 Å². The van der Waals surface area contributed by atoms with E-state index < -0.39 is 20.5 Å². The molecule has 0 spiro atoms. The van der Waals surface area contributed by atoms with Gasteiger partial charge in [-0.15, -0.1) is 12.4 Å². The van der Waals surface area contributed by atoms with E-state index in [0.29, 0.717) is 5.56 Å². The summed E-state index contributed by atoms with van der Waals surface area (Å²) >= 11 is 0. The fourth-order valence-electron chi connectivity index (χ4n) is 2.34. The Balaban J connectivity index is 0.00000264. The van der Waals surface area contributed by atoms with E-state index in [2.05, 4.69) is 10.6 Å². The van der Waals surface area contributed by atoms with Crippen molar-refractivity contribution in [2.45, 2.75) is 36.0 Å². The molecule has 1 atom stereocenters. The van der Waals surface area contributed by atoms with Crippen LogP contribution in [0.15, 0.2) is 29.2 Å². The van der Waals surface area contributed by atoms with E-state index in [4.69, 9.17) is 0 Å². The van der Waals surface area contributed by atoms with Crippen LogP contribution in [0.5, 0.6) is 0 Å². The van der Waals surface area contributed by atoms with Gasteiger partial charge in [0, 0.05) is 12.6 Å². The summed E-state index contributed by atoms with van der Waals surface area (Å²) < 4.78 is 47.4. The lowest BCUT2D eigenvalue weighted by molar-refractivity contribution is -0.121. The molecule has 0 radical (unpaired) electrons. The van der Waals surface area contributed by atoms with Crippen LogP contribution >= 0.6 is 12.4 Å². The maximum atomic E-state index is 12.4. The van der Waals surface area contributed by atoms with Crippen molar-refractivity contribution in [1.29, 1.82) is 0 Å². The third kappa shape index (κ3) is 5.40. The molecule has 1 amide bonds. The van der Waals surface area contributed by atoms with Gasteiger partial charge < -0.3 is 10.6 Å². The predicted molar refractivity (Wildman–Crippen MR) is 84.6 cm³/mol. The molecule has 0 saturated carbocycles. The van der Waals surface area contributed by atoms with Gasteiger partial charge in [0.25, 0.3) is 0 Å². The first-order valence-corrected chi connectivity index (χ1v) is 8.55. The van der Waals surface area contributed by atoms with Gasteiger partial charge in [-0.25, -0.2) is 8.42 Å². The van der Waals surface area contributed by atoms with Gasteiger partial charge in [0.05, 0.1) is 11.3 Å². The molecule has 1 unspecified atom stereocenters. The Morgan fingerprint density at radius 3 is 2.48 bits per heavy atom. The van der Waals surface area contributed by atoms with Gasteiger partial charge in [0.2, 0.25) is 15.7 Å². The minimum absolute atomic E-state index is 0. The highest BCUT2D eigenvalue weighted by Crippen LogP contribution is 2.18. The van der Waals surface area contributed by atoms with E-state index >= 15 is 0 Å². The Hall–Kier alpha value is -1.25. The number of benzene rings is 1. The molecule has 1 fully saturated rings. The monoisotopic (exact) mass is 368 g/mol. The summed E-state index contributed by atoms with van der Waals surface area (Å²) in [5.41, 5.74) is 0.578. The van der Waals surface area contributed by atoms with Gasteiger partial charge in [-0.3, -0.25) is 4.79 Å². The molecule has 130 valence electrons. The van der Waals surface area contributed by atoms with E-state index in [1.165, 1.54) is 12.1 Å². The summed E-state index contributed by atoms with van der Waals surface area (Å²) in [6.45, 7) is 1.68. The number of nitrogens with one attached hydrogen (secondary N) is 2.